The minimum atomic E-state index is -2.87. The zero-order valence-corrected chi connectivity index (χ0v) is 6.05. The Hall–Kier alpha value is -0.510. The van der Waals surface area contributed by atoms with E-state index in [4.69, 9.17) is 14.4 Å². The normalized spacial score (nSPS) is 6.67. The number of carbonyl (C=O) groups is 1. The molecule has 0 rings (SSSR count). The molecular formula is C3H9NO4P+. The molecule has 0 spiro atoms. The summed E-state index contributed by atoms with van der Waals surface area (Å²) in [4.78, 5) is 23.9. The van der Waals surface area contributed by atoms with Crippen LogP contribution in [0.2, 0.25) is 0 Å². The molecule has 0 saturated heterocycles. The molecule has 0 fully saturated rings. The first-order valence-electron chi connectivity index (χ1n) is 2.04. The number of hydrogen-bond acceptors (Lipinski definition) is 2. The Morgan fingerprint density at radius 2 is 1.67 bits per heavy atom. The van der Waals surface area contributed by atoms with Crippen LogP contribution < -0.4 is 5.32 Å². The number of hydrogen-bond donors (Lipinski definition) is 3. The van der Waals surface area contributed by atoms with Crippen LogP contribution in [0, 0.1) is 0 Å². The fourth-order valence-electron chi connectivity index (χ4n) is 0. The van der Waals surface area contributed by atoms with E-state index >= 15 is 0 Å². The Bertz CT molecular complexity index is 100.0. The van der Waals surface area contributed by atoms with E-state index in [0.717, 1.165) is 0 Å². The van der Waals surface area contributed by atoms with Crippen LogP contribution in [0.15, 0.2) is 0 Å². The second-order valence-electron chi connectivity index (χ2n) is 1.06. The van der Waals surface area contributed by atoms with Gasteiger partial charge in [-0.05, 0) is 0 Å². The lowest BCUT2D eigenvalue weighted by molar-refractivity contribution is -0.118. The van der Waals surface area contributed by atoms with E-state index in [-0.39, 0.29) is 5.91 Å². The molecule has 0 bridgehead atoms. The van der Waals surface area contributed by atoms with Gasteiger partial charge in [0.25, 0.3) is 0 Å². The van der Waals surface area contributed by atoms with Crippen LogP contribution in [-0.4, -0.2) is 22.7 Å². The third-order valence-corrected chi connectivity index (χ3v) is 0.352. The van der Waals surface area contributed by atoms with Crippen LogP contribution in [0.1, 0.15) is 6.92 Å². The Kier molecular flexibility index (Phi) is 9.41. The standard InChI is InChI=1S/C3H7NO.HO3P/c1-3(5)4-2;1-4(2)3/h1-2H3,(H,4,5);(H-,1,2,3)/p+1. The molecule has 1 amide bonds. The average Bonchev–Trinajstić information content (AvgIpc) is 1.65. The van der Waals surface area contributed by atoms with Gasteiger partial charge in [-0.2, -0.15) is 0 Å². The van der Waals surface area contributed by atoms with Crippen molar-refractivity contribution >= 4 is 14.2 Å². The van der Waals surface area contributed by atoms with Crippen molar-refractivity contribution in [3.63, 3.8) is 0 Å². The van der Waals surface area contributed by atoms with Gasteiger partial charge in [0.15, 0.2) is 0 Å². The molecule has 0 aromatic rings. The molecule has 6 heteroatoms. The summed E-state index contributed by atoms with van der Waals surface area (Å²) in [5.74, 6) is 0.00463. The first-order chi connectivity index (χ1) is 4.00. The highest BCUT2D eigenvalue weighted by Crippen LogP contribution is 1.98. The third-order valence-electron chi connectivity index (χ3n) is 0.352. The molecular weight excluding hydrogens is 145 g/mol. The topological polar surface area (TPSA) is 86.6 Å². The van der Waals surface area contributed by atoms with Crippen molar-refractivity contribution in [2.24, 2.45) is 0 Å². The van der Waals surface area contributed by atoms with Gasteiger partial charge in [0, 0.05) is 18.5 Å². The van der Waals surface area contributed by atoms with Gasteiger partial charge < -0.3 is 5.32 Å². The van der Waals surface area contributed by atoms with Gasteiger partial charge in [-0.1, -0.05) is 0 Å². The fraction of sp³-hybridized carbons (Fsp3) is 0.667. The van der Waals surface area contributed by atoms with Gasteiger partial charge >= 0.3 is 8.25 Å². The first-order valence-corrected chi connectivity index (χ1v) is 3.20. The number of amides is 1. The fourth-order valence-corrected chi connectivity index (χ4v) is 0. The summed E-state index contributed by atoms with van der Waals surface area (Å²) in [6.45, 7) is 1.47. The molecule has 54 valence electrons. The van der Waals surface area contributed by atoms with Gasteiger partial charge in [0.05, 0.1) is 0 Å². The van der Waals surface area contributed by atoms with Crippen molar-refractivity contribution in [2.45, 2.75) is 6.92 Å². The van der Waals surface area contributed by atoms with E-state index in [9.17, 15) is 4.79 Å². The smallest absolute Gasteiger partial charge is 0.359 e. The predicted octanol–water partition coefficient (Wildman–Crippen LogP) is -0.619. The van der Waals surface area contributed by atoms with Crippen LogP contribution in [0.4, 0.5) is 0 Å². The van der Waals surface area contributed by atoms with E-state index in [2.05, 4.69) is 5.32 Å². The zero-order chi connectivity index (χ0) is 7.86. The molecule has 0 aliphatic heterocycles. The monoisotopic (exact) mass is 154 g/mol. The summed E-state index contributed by atoms with van der Waals surface area (Å²) in [5, 5.41) is 2.39. The average molecular weight is 154 g/mol. The molecule has 3 N–H and O–H groups in total. The van der Waals surface area contributed by atoms with Crippen molar-refractivity contribution in [2.75, 3.05) is 7.05 Å². The molecule has 0 radical (unpaired) electrons. The zero-order valence-electron chi connectivity index (χ0n) is 5.16. The van der Waals surface area contributed by atoms with E-state index in [1.807, 2.05) is 0 Å². The molecule has 0 aliphatic carbocycles. The second kappa shape index (κ2) is 7.49. The van der Waals surface area contributed by atoms with Crippen LogP contribution >= 0.6 is 8.25 Å². The quantitative estimate of drug-likeness (QED) is 0.406. The van der Waals surface area contributed by atoms with E-state index < -0.39 is 8.25 Å². The molecule has 5 nitrogen and oxygen atoms in total. The highest BCUT2D eigenvalue weighted by molar-refractivity contribution is 7.30. The Labute approximate surface area is 53.7 Å². The number of nitrogens with one attached hydrogen (secondary N) is 1. The Morgan fingerprint density at radius 3 is 1.67 bits per heavy atom. The Morgan fingerprint density at radius 1 is 1.56 bits per heavy atom. The van der Waals surface area contributed by atoms with Crippen LogP contribution in [0.25, 0.3) is 0 Å². The highest BCUT2D eigenvalue weighted by atomic mass is 31.1. The van der Waals surface area contributed by atoms with Gasteiger partial charge in [-0.3, -0.25) is 4.79 Å². The van der Waals surface area contributed by atoms with Crippen LogP contribution in [0.3, 0.4) is 0 Å². The van der Waals surface area contributed by atoms with Gasteiger partial charge in [0.2, 0.25) is 5.91 Å². The predicted molar refractivity (Wildman–Crippen MR) is 31.8 cm³/mol. The van der Waals surface area contributed by atoms with Gasteiger partial charge in [-0.15, -0.1) is 9.79 Å². The van der Waals surface area contributed by atoms with E-state index in [1.165, 1.54) is 6.92 Å². The maximum atomic E-state index is 9.70. The number of carbonyl (C=O) groups excluding carboxylic acids is 1. The molecule has 0 heterocycles. The SMILES string of the molecule is CNC(C)=O.O=[P+](O)O. The molecule has 0 atom stereocenters. The molecule has 0 aromatic carbocycles. The van der Waals surface area contributed by atoms with Crippen molar-refractivity contribution < 1.29 is 19.1 Å². The summed E-state index contributed by atoms with van der Waals surface area (Å²) in [7, 11) is -1.27. The summed E-state index contributed by atoms with van der Waals surface area (Å²) in [6, 6.07) is 0. The third kappa shape index (κ3) is 102. The molecule has 0 aliphatic rings. The van der Waals surface area contributed by atoms with Crippen molar-refractivity contribution in [3.05, 3.63) is 0 Å². The second-order valence-corrected chi connectivity index (χ2v) is 1.56. The maximum absolute atomic E-state index is 9.70. The lowest BCUT2D eigenvalue weighted by atomic mass is 10.7. The summed E-state index contributed by atoms with van der Waals surface area (Å²) in [6.07, 6.45) is 0. The van der Waals surface area contributed by atoms with Crippen LogP contribution in [0.5, 0.6) is 0 Å². The summed E-state index contributed by atoms with van der Waals surface area (Å²) < 4.78 is 8.70. The lowest BCUT2D eigenvalue weighted by Crippen LogP contribution is -2.11. The van der Waals surface area contributed by atoms with Gasteiger partial charge in [-0.25, -0.2) is 0 Å². The molecule has 0 unspecified atom stereocenters. The maximum Gasteiger partial charge on any atom is 0.692 e. The van der Waals surface area contributed by atoms with Crippen molar-refractivity contribution in [1.29, 1.82) is 0 Å². The number of rotatable bonds is 0. The van der Waals surface area contributed by atoms with E-state index in [0.29, 0.717) is 0 Å². The molecule has 0 aromatic heterocycles. The van der Waals surface area contributed by atoms with E-state index in [1.54, 1.807) is 7.05 Å². The summed E-state index contributed by atoms with van der Waals surface area (Å²) in [5.41, 5.74) is 0. The molecule has 0 saturated carbocycles. The Balaban J connectivity index is 0. The minimum absolute atomic E-state index is 0.00463. The summed E-state index contributed by atoms with van der Waals surface area (Å²) >= 11 is 0. The minimum Gasteiger partial charge on any atom is -0.359 e. The highest BCUT2D eigenvalue weighted by Gasteiger charge is 1.93. The molecule has 9 heavy (non-hydrogen) atoms. The van der Waals surface area contributed by atoms with Crippen LogP contribution in [-0.2, 0) is 9.36 Å². The first kappa shape index (κ1) is 11.3. The lowest BCUT2D eigenvalue weighted by Gasteiger charge is -1.80. The van der Waals surface area contributed by atoms with Gasteiger partial charge in [0.1, 0.15) is 0 Å². The van der Waals surface area contributed by atoms with Crippen molar-refractivity contribution in [3.8, 4) is 0 Å². The van der Waals surface area contributed by atoms with Crippen molar-refractivity contribution in [1.82, 2.24) is 5.32 Å². The largest absolute Gasteiger partial charge is 0.692 e.